The molecule has 0 radical (unpaired) electrons. The number of carbonyl (C=O) groups is 2. The summed E-state index contributed by atoms with van der Waals surface area (Å²) in [7, 11) is 0. The van der Waals surface area contributed by atoms with E-state index in [9.17, 15) is 19.7 Å². The molecule has 1 aromatic carbocycles. The first-order chi connectivity index (χ1) is 11.4. The van der Waals surface area contributed by atoms with Crippen molar-refractivity contribution in [3.8, 4) is 0 Å². The van der Waals surface area contributed by atoms with Gasteiger partial charge in [-0.2, -0.15) is 0 Å². The Morgan fingerprint density at radius 2 is 2.04 bits per heavy atom. The third kappa shape index (κ3) is 4.35. The van der Waals surface area contributed by atoms with Crippen molar-refractivity contribution in [3.63, 3.8) is 0 Å². The van der Waals surface area contributed by atoms with E-state index in [0.29, 0.717) is 13.0 Å². The molecule has 0 aliphatic heterocycles. The van der Waals surface area contributed by atoms with Crippen molar-refractivity contribution >= 4 is 28.9 Å². The van der Waals surface area contributed by atoms with Gasteiger partial charge >= 0.3 is 5.97 Å². The maximum Gasteiger partial charge on any atom is 0.335 e. The lowest BCUT2D eigenvalue weighted by Gasteiger charge is -2.05. The number of nitro benzene ring substituents is 1. The van der Waals surface area contributed by atoms with Gasteiger partial charge in [0.1, 0.15) is 0 Å². The molecule has 0 saturated carbocycles. The molecular weight excluding hydrogens is 334 g/mol. The van der Waals surface area contributed by atoms with Crippen LogP contribution in [0, 0.1) is 10.1 Å². The normalized spacial score (nSPS) is 10.4. The molecule has 1 aromatic heterocycles. The summed E-state index contributed by atoms with van der Waals surface area (Å²) in [6, 6.07) is 3.09. The fourth-order valence-electron chi connectivity index (χ4n) is 1.98. The predicted octanol–water partition coefficient (Wildman–Crippen LogP) is 2.28. The Morgan fingerprint density at radius 1 is 1.33 bits per heavy atom. The second kappa shape index (κ2) is 7.64. The quantitative estimate of drug-likeness (QED) is 0.584. The second-order valence-electron chi connectivity index (χ2n) is 4.91. The van der Waals surface area contributed by atoms with Crippen molar-refractivity contribution in [2.24, 2.45) is 0 Å². The Hall–Kier alpha value is -2.81. The van der Waals surface area contributed by atoms with Crippen molar-refractivity contribution in [1.82, 2.24) is 10.3 Å². The molecule has 0 spiro atoms. The van der Waals surface area contributed by atoms with Crippen molar-refractivity contribution in [1.29, 1.82) is 0 Å². The van der Waals surface area contributed by atoms with Crippen LogP contribution in [0.2, 0.25) is 0 Å². The summed E-state index contributed by atoms with van der Waals surface area (Å²) >= 11 is 1.56. The van der Waals surface area contributed by atoms with E-state index in [1.165, 1.54) is 0 Å². The Morgan fingerprint density at radius 3 is 2.62 bits per heavy atom. The van der Waals surface area contributed by atoms with Gasteiger partial charge in [0.15, 0.2) is 0 Å². The van der Waals surface area contributed by atoms with Gasteiger partial charge in [0.2, 0.25) is 0 Å². The van der Waals surface area contributed by atoms with Crippen molar-refractivity contribution < 1.29 is 19.6 Å². The number of benzene rings is 1. The Bertz CT molecular complexity index is 755. The van der Waals surface area contributed by atoms with Gasteiger partial charge in [-0.25, -0.2) is 9.78 Å². The Labute approximate surface area is 141 Å². The predicted molar refractivity (Wildman–Crippen MR) is 87.6 cm³/mol. The summed E-state index contributed by atoms with van der Waals surface area (Å²) < 4.78 is 0. The van der Waals surface area contributed by atoms with Crippen molar-refractivity contribution in [3.05, 3.63) is 55.5 Å². The van der Waals surface area contributed by atoms with E-state index >= 15 is 0 Å². The van der Waals surface area contributed by atoms with Gasteiger partial charge in [-0.15, -0.1) is 11.3 Å². The zero-order chi connectivity index (χ0) is 17.7. The minimum atomic E-state index is -1.33. The van der Waals surface area contributed by atoms with E-state index in [2.05, 4.69) is 10.3 Å². The fourth-order valence-corrected chi connectivity index (χ4v) is 2.85. The lowest BCUT2D eigenvalue weighted by Crippen LogP contribution is -2.26. The maximum atomic E-state index is 12.1. The van der Waals surface area contributed by atoms with E-state index in [1.807, 2.05) is 6.92 Å². The molecule has 1 heterocycles. The number of aromatic carboxylic acids is 1. The summed E-state index contributed by atoms with van der Waals surface area (Å²) in [6.45, 7) is 2.34. The number of amides is 1. The number of carbonyl (C=O) groups excluding carboxylic acids is 1. The van der Waals surface area contributed by atoms with Crippen LogP contribution < -0.4 is 5.32 Å². The molecule has 0 aliphatic carbocycles. The Kier molecular flexibility index (Phi) is 5.59. The van der Waals surface area contributed by atoms with E-state index in [0.717, 1.165) is 34.5 Å². The second-order valence-corrected chi connectivity index (χ2v) is 6.11. The molecule has 0 bridgehead atoms. The van der Waals surface area contributed by atoms with Crippen LogP contribution in [0.15, 0.2) is 24.4 Å². The molecule has 9 heteroatoms. The topological polar surface area (TPSA) is 122 Å². The number of nitrogens with zero attached hydrogens (tertiary/aromatic N) is 2. The largest absolute Gasteiger partial charge is 0.478 e. The van der Waals surface area contributed by atoms with Crippen molar-refractivity contribution in [2.75, 3.05) is 6.54 Å². The molecule has 2 N–H and O–H groups in total. The number of rotatable bonds is 7. The molecule has 8 nitrogen and oxygen atoms in total. The number of nitro groups is 1. The minimum absolute atomic E-state index is 0.0602. The van der Waals surface area contributed by atoms with Gasteiger partial charge in [-0.1, -0.05) is 6.92 Å². The number of thiazole rings is 1. The summed E-state index contributed by atoms with van der Waals surface area (Å²) in [5.74, 6) is -1.89. The summed E-state index contributed by atoms with van der Waals surface area (Å²) in [5, 5.41) is 23.3. The van der Waals surface area contributed by atoms with Crippen LogP contribution in [0.4, 0.5) is 5.69 Å². The molecule has 0 atom stereocenters. The lowest BCUT2D eigenvalue weighted by molar-refractivity contribution is -0.384. The monoisotopic (exact) mass is 349 g/mol. The number of non-ortho nitro benzene ring substituents is 1. The van der Waals surface area contributed by atoms with Gasteiger partial charge in [0, 0.05) is 41.7 Å². The number of aromatic nitrogens is 1. The number of hydrogen-bond acceptors (Lipinski definition) is 6. The SMILES string of the molecule is CCc1cnc(CCNC(=O)c2cc(C(=O)O)cc([N+](=O)[O-])c2)s1. The third-order valence-electron chi connectivity index (χ3n) is 3.21. The molecule has 126 valence electrons. The highest BCUT2D eigenvalue weighted by Crippen LogP contribution is 2.18. The molecular formula is C15H15N3O5S. The standard InChI is InChI=1S/C15H15N3O5S/c1-2-12-8-17-13(24-12)3-4-16-14(19)9-5-10(15(20)21)7-11(6-9)18(22)23/h5-8H,2-4H2,1H3,(H,16,19)(H,20,21). The van der Waals surface area contributed by atoms with Gasteiger partial charge in [-0.3, -0.25) is 14.9 Å². The van der Waals surface area contributed by atoms with Gasteiger partial charge in [0.25, 0.3) is 11.6 Å². The first kappa shape index (κ1) is 17.5. The smallest absolute Gasteiger partial charge is 0.335 e. The van der Waals surface area contributed by atoms with Gasteiger partial charge in [0.05, 0.1) is 15.5 Å². The molecule has 0 fully saturated rings. The van der Waals surface area contributed by atoms with Gasteiger partial charge < -0.3 is 10.4 Å². The number of carboxylic acid groups (broad SMARTS) is 1. The first-order valence-corrected chi connectivity index (χ1v) is 7.97. The summed E-state index contributed by atoms with van der Waals surface area (Å²) in [4.78, 5) is 38.6. The van der Waals surface area contributed by atoms with E-state index in [1.54, 1.807) is 17.5 Å². The average Bonchev–Trinajstić information content (AvgIpc) is 3.02. The van der Waals surface area contributed by atoms with Crippen LogP contribution in [0.5, 0.6) is 0 Å². The third-order valence-corrected chi connectivity index (χ3v) is 4.41. The summed E-state index contributed by atoms with van der Waals surface area (Å²) in [5.41, 5.74) is -0.801. The van der Waals surface area contributed by atoms with Crippen LogP contribution in [-0.2, 0) is 12.8 Å². The lowest BCUT2D eigenvalue weighted by atomic mass is 10.1. The van der Waals surface area contributed by atoms with Crippen LogP contribution in [0.25, 0.3) is 0 Å². The molecule has 24 heavy (non-hydrogen) atoms. The van der Waals surface area contributed by atoms with Crippen LogP contribution >= 0.6 is 11.3 Å². The van der Waals surface area contributed by atoms with Gasteiger partial charge in [-0.05, 0) is 12.5 Å². The Balaban J connectivity index is 2.05. The first-order valence-electron chi connectivity index (χ1n) is 7.15. The number of aryl methyl sites for hydroxylation is 1. The van der Waals surface area contributed by atoms with E-state index < -0.39 is 22.5 Å². The highest BCUT2D eigenvalue weighted by molar-refractivity contribution is 7.11. The molecule has 2 rings (SSSR count). The molecule has 2 aromatic rings. The summed E-state index contributed by atoms with van der Waals surface area (Å²) in [6.07, 6.45) is 3.23. The van der Waals surface area contributed by atoms with E-state index in [4.69, 9.17) is 5.11 Å². The molecule has 0 saturated heterocycles. The highest BCUT2D eigenvalue weighted by Gasteiger charge is 2.17. The number of carboxylic acids is 1. The zero-order valence-electron chi connectivity index (χ0n) is 12.8. The zero-order valence-corrected chi connectivity index (χ0v) is 13.6. The van der Waals surface area contributed by atoms with Crippen molar-refractivity contribution in [2.45, 2.75) is 19.8 Å². The van der Waals surface area contributed by atoms with Crippen LogP contribution in [-0.4, -0.2) is 33.4 Å². The van der Waals surface area contributed by atoms with E-state index in [-0.39, 0.29) is 11.1 Å². The van der Waals surface area contributed by atoms with Crippen LogP contribution in [0.3, 0.4) is 0 Å². The number of hydrogen-bond donors (Lipinski definition) is 2. The molecule has 1 amide bonds. The molecule has 0 unspecified atom stereocenters. The molecule has 0 aliphatic rings. The fraction of sp³-hybridized carbons (Fsp3) is 0.267. The maximum absolute atomic E-state index is 12.1. The highest BCUT2D eigenvalue weighted by atomic mass is 32.1. The average molecular weight is 349 g/mol. The minimum Gasteiger partial charge on any atom is -0.478 e. The number of nitrogens with one attached hydrogen (secondary N) is 1. The van der Waals surface area contributed by atoms with Crippen LogP contribution in [0.1, 0.15) is 37.5 Å².